The molecule has 0 saturated heterocycles. The second-order valence-corrected chi connectivity index (χ2v) is 20.8. The normalized spacial score (nSPS) is 20.0. The Balaban J connectivity index is 1.40. The molecule has 344 valence electrons. The van der Waals surface area contributed by atoms with E-state index in [-0.39, 0.29) is 50.0 Å². The molecule has 4 aromatic rings. The van der Waals surface area contributed by atoms with E-state index in [0.29, 0.717) is 10.7 Å². The van der Waals surface area contributed by atoms with Gasteiger partial charge in [0.15, 0.2) is 21.3 Å². The van der Waals surface area contributed by atoms with Crippen LogP contribution in [0.1, 0.15) is 59.8 Å². The van der Waals surface area contributed by atoms with E-state index in [0.717, 1.165) is 24.6 Å². The van der Waals surface area contributed by atoms with E-state index in [1.165, 1.54) is 45.1 Å². The number of nitrogens with zero attached hydrogens (tertiary/aromatic N) is 4. The third-order valence-corrected chi connectivity index (χ3v) is 13.7. The van der Waals surface area contributed by atoms with E-state index in [1.807, 2.05) is 0 Å². The zero-order valence-electron chi connectivity index (χ0n) is 34.1. The topological polar surface area (TPSA) is 157 Å². The lowest BCUT2D eigenvalue weighted by Crippen LogP contribution is -2.53. The molecule has 12 nitrogen and oxygen atoms in total. The number of carbonyl (C=O) groups excluding carboxylic acids is 1. The molecule has 24 heteroatoms. The highest BCUT2D eigenvalue weighted by Crippen LogP contribution is 2.68. The highest BCUT2D eigenvalue weighted by Gasteiger charge is 2.68. The van der Waals surface area contributed by atoms with Crippen LogP contribution in [-0.4, -0.2) is 77.8 Å². The number of rotatable bonds is 11. The number of aromatic nitrogens is 4. The summed E-state index contributed by atoms with van der Waals surface area (Å²) in [6, 6.07) is 2.09. The van der Waals surface area contributed by atoms with E-state index < -0.39 is 127 Å². The fourth-order valence-corrected chi connectivity index (χ4v) is 8.72. The molecule has 3 aliphatic rings. The van der Waals surface area contributed by atoms with E-state index >= 15 is 8.78 Å². The van der Waals surface area contributed by atoms with E-state index in [9.17, 15) is 56.8 Å². The lowest BCUT2D eigenvalue weighted by Gasteiger charge is -2.34. The third-order valence-electron chi connectivity index (χ3n) is 11.1. The van der Waals surface area contributed by atoms with Crippen LogP contribution >= 0.6 is 0 Å². The van der Waals surface area contributed by atoms with Crippen LogP contribution in [0.25, 0.3) is 16.5 Å². The van der Waals surface area contributed by atoms with E-state index in [1.54, 1.807) is 0 Å². The Bertz CT molecular complexity index is 2940. The number of alkyl halides is 8. The van der Waals surface area contributed by atoms with Crippen LogP contribution in [0.5, 0.6) is 0 Å². The predicted molar refractivity (Wildman–Crippen MR) is 213 cm³/mol. The monoisotopic (exact) mass is 949 g/mol. The first-order valence-corrected chi connectivity index (χ1v) is 22.9. The minimum atomic E-state index is -5.17. The van der Waals surface area contributed by atoms with Crippen molar-refractivity contribution in [3.05, 3.63) is 93.5 Å². The summed E-state index contributed by atoms with van der Waals surface area (Å²) < 4.78 is 196. The van der Waals surface area contributed by atoms with Crippen molar-refractivity contribution < 1.29 is 65.5 Å². The number of sulfone groups is 1. The maximum atomic E-state index is 15.5. The molecular weight excluding hydrogens is 913 g/mol. The van der Waals surface area contributed by atoms with E-state index in [4.69, 9.17) is 0 Å². The number of sulfonamides is 1. The largest absolute Gasteiger partial charge is 0.435 e. The van der Waals surface area contributed by atoms with Crippen molar-refractivity contribution in [2.24, 2.45) is 5.92 Å². The lowest BCUT2D eigenvalue weighted by molar-refractivity contribution is -0.143. The molecule has 4 atom stereocenters. The molecule has 2 aromatic heterocycles. The number of amides is 1. The van der Waals surface area contributed by atoms with Gasteiger partial charge in [-0.05, 0) is 80.4 Å². The summed E-state index contributed by atoms with van der Waals surface area (Å²) in [6.45, 7) is 1.11. The highest BCUT2D eigenvalue weighted by atomic mass is 32.2. The van der Waals surface area contributed by atoms with Crippen LogP contribution in [0.3, 0.4) is 0 Å². The standard InChI is InChI=1S/C40H37F10N7O5S2/c1-19-6-8-25(33-30(19)36(55-64(5,61)62)54-57(33)18-38(43,44)45)24-9-7-23(10-11-37(2,3)63(4,59)60)51-32(24)28(14-20-12-21(41)15-22(42)13-20)52-29(58)17-56-35-31(34(53-56)40(48,49)50)26-16-27(26)39(35,46)47/h6-9,12-13,15,26-28,32,51H,14,16-18H2,1-5H3,(H,52,58)(H,54,55). The number of carbonyl (C=O) groups is 1. The van der Waals surface area contributed by atoms with Crippen LogP contribution in [0.2, 0.25) is 0 Å². The molecule has 3 N–H and O–H groups in total. The SMILES string of the molecule is Cc1ccc(C2=CC=C(C#CC(C)(C)S(C)(=O)=O)NC2C(Cc2cc(F)cc(F)c2)NC(=O)Cn2nc(C(F)(F)F)c3c2C(F)(F)C2CC32)c2c1c(NS(C)(=O)=O)nn2CC(F)(F)F. The molecule has 2 aliphatic carbocycles. The Morgan fingerprint density at radius 3 is 2.23 bits per heavy atom. The second-order valence-electron chi connectivity index (χ2n) is 16.5. The molecular formula is C40H37F10N7O5S2. The first-order chi connectivity index (χ1) is 29.3. The van der Waals surface area contributed by atoms with Gasteiger partial charge >= 0.3 is 12.4 Å². The smallest absolute Gasteiger partial charge is 0.369 e. The quantitative estimate of drug-likeness (QED) is 0.114. The molecule has 0 spiro atoms. The zero-order chi connectivity index (χ0) is 47.3. The van der Waals surface area contributed by atoms with Crippen molar-refractivity contribution in [1.29, 1.82) is 0 Å². The van der Waals surface area contributed by atoms with Gasteiger partial charge in [-0.2, -0.15) is 45.3 Å². The van der Waals surface area contributed by atoms with Gasteiger partial charge in [0.1, 0.15) is 35.2 Å². The van der Waals surface area contributed by atoms with Crippen molar-refractivity contribution in [1.82, 2.24) is 30.2 Å². The summed E-state index contributed by atoms with van der Waals surface area (Å²) in [4.78, 5) is 14.0. The van der Waals surface area contributed by atoms with Crippen molar-refractivity contribution in [2.45, 2.75) is 87.7 Å². The first kappa shape index (κ1) is 46.4. The fraction of sp³-hybridized carbons (Fsp3) is 0.425. The number of hydrogen-bond donors (Lipinski definition) is 3. The van der Waals surface area contributed by atoms with Gasteiger partial charge in [0.2, 0.25) is 15.9 Å². The summed E-state index contributed by atoms with van der Waals surface area (Å²) in [7, 11) is -7.96. The van der Waals surface area contributed by atoms with Gasteiger partial charge in [-0.15, -0.1) is 0 Å². The van der Waals surface area contributed by atoms with Gasteiger partial charge in [-0.1, -0.05) is 24.1 Å². The number of hydrogen-bond acceptors (Lipinski definition) is 8. The Morgan fingerprint density at radius 2 is 1.64 bits per heavy atom. The van der Waals surface area contributed by atoms with Crippen molar-refractivity contribution >= 4 is 48.1 Å². The van der Waals surface area contributed by atoms with Gasteiger partial charge < -0.3 is 10.6 Å². The molecule has 1 saturated carbocycles. The summed E-state index contributed by atoms with van der Waals surface area (Å²) in [5, 5.41) is 12.8. The zero-order valence-corrected chi connectivity index (χ0v) is 35.7. The van der Waals surface area contributed by atoms with Crippen molar-refractivity contribution in [3.8, 4) is 11.8 Å². The van der Waals surface area contributed by atoms with Crippen LogP contribution in [0.4, 0.5) is 49.7 Å². The highest BCUT2D eigenvalue weighted by molar-refractivity contribution is 7.92. The summed E-state index contributed by atoms with van der Waals surface area (Å²) in [6.07, 6.45) is -6.56. The Hall–Kier alpha value is -5.57. The van der Waals surface area contributed by atoms with Gasteiger partial charge in [-0.3, -0.25) is 18.9 Å². The van der Waals surface area contributed by atoms with Crippen molar-refractivity contribution in [3.63, 3.8) is 0 Å². The van der Waals surface area contributed by atoms with Crippen LogP contribution < -0.4 is 15.4 Å². The number of allylic oxidation sites excluding steroid dienone is 3. The average Bonchev–Trinajstić information content (AvgIpc) is 3.66. The molecule has 64 heavy (non-hydrogen) atoms. The van der Waals surface area contributed by atoms with Crippen molar-refractivity contribution in [2.75, 3.05) is 17.2 Å². The minimum absolute atomic E-state index is 0.000266. The number of fused-ring (bicyclic) bond motifs is 4. The molecule has 1 fully saturated rings. The molecule has 0 radical (unpaired) electrons. The Morgan fingerprint density at radius 1 is 0.984 bits per heavy atom. The Kier molecular flexibility index (Phi) is 11.3. The fourth-order valence-electron chi connectivity index (χ4n) is 7.99. The molecule has 1 amide bonds. The number of benzene rings is 2. The molecule has 2 aromatic carbocycles. The first-order valence-electron chi connectivity index (χ1n) is 19.1. The number of halogens is 10. The number of dihydropyridines is 1. The van der Waals surface area contributed by atoms with Crippen LogP contribution in [-0.2, 0) is 56.3 Å². The molecule has 3 heterocycles. The lowest BCUT2D eigenvalue weighted by atomic mass is 9.86. The van der Waals surface area contributed by atoms with Gasteiger partial charge in [0.25, 0.3) is 5.92 Å². The molecule has 4 unspecified atom stereocenters. The number of nitrogens with one attached hydrogen (secondary N) is 3. The maximum absolute atomic E-state index is 15.5. The predicted octanol–water partition coefficient (Wildman–Crippen LogP) is 6.47. The number of anilines is 1. The van der Waals surface area contributed by atoms with Gasteiger partial charge in [0.05, 0.1) is 29.6 Å². The van der Waals surface area contributed by atoms with E-state index in [2.05, 4.69) is 37.4 Å². The summed E-state index contributed by atoms with van der Waals surface area (Å²) >= 11 is 0. The summed E-state index contributed by atoms with van der Waals surface area (Å²) in [5.74, 6) is -4.93. The maximum Gasteiger partial charge on any atom is 0.435 e. The Labute approximate surface area is 359 Å². The van der Waals surface area contributed by atoms with Crippen LogP contribution in [0.15, 0.2) is 48.2 Å². The molecule has 1 aliphatic heterocycles. The van der Waals surface area contributed by atoms with Gasteiger partial charge in [-0.25, -0.2) is 25.6 Å². The molecule has 0 bridgehead atoms. The molecule has 7 rings (SSSR count). The van der Waals surface area contributed by atoms with Crippen LogP contribution in [0, 0.1) is 36.3 Å². The average molecular weight is 950 g/mol. The third kappa shape index (κ3) is 9.18. The second kappa shape index (κ2) is 15.6. The summed E-state index contributed by atoms with van der Waals surface area (Å²) in [5.41, 5.74) is -3.69. The minimum Gasteiger partial charge on any atom is -0.369 e. The van der Waals surface area contributed by atoms with Gasteiger partial charge in [0, 0.05) is 34.8 Å². The number of aryl methyl sites for hydroxylation is 1.